The van der Waals surface area contributed by atoms with Gasteiger partial charge in [0.25, 0.3) is 0 Å². The van der Waals surface area contributed by atoms with E-state index in [4.69, 9.17) is 15.0 Å². The maximum Gasteiger partial charge on any atom is 0.233 e. The Morgan fingerprint density at radius 3 is 2.72 bits per heavy atom. The van der Waals surface area contributed by atoms with Crippen LogP contribution in [0.2, 0.25) is 0 Å². The van der Waals surface area contributed by atoms with Crippen LogP contribution in [0.15, 0.2) is 28.8 Å². The molecule has 2 aromatic rings. The Balaban J connectivity index is 2.41. The van der Waals surface area contributed by atoms with Crippen molar-refractivity contribution in [3.05, 3.63) is 30.2 Å². The number of methoxy groups -OCH3 is 1. The molecule has 18 heavy (non-hydrogen) atoms. The zero-order valence-corrected chi connectivity index (χ0v) is 10.8. The van der Waals surface area contributed by atoms with Crippen molar-refractivity contribution >= 4 is 0 Å². The fourth-order valence-electron chi connectivity index (χ4n) is 1.52. The third kappa shape index (κ3) is 2.22. The van der Waals surface area contributed by atoms with Crippen LogP contribution in [0.5, 0.6) is 5.75 Å². The fourth-order valence-corrected chi connectivity index (χ4v) is 1.52. The first-order chi connectivity index (χ1) is 8.58. The van der Waals surface area contributed by atoms with Gasteiger partial charge in [-0.05, 0) is 26.0 Å². The molecule has 5 heteroatoms. The lowest BCUT2D eigenvalue weighted by Crippen LogP contribution is -2.28. The first-order valence-electron chi connectivity index (χ1n) is 5.76. The van der Waals surface area contributed by atoms with Gasteiger partial charge >= 0.3 is 0 Å². The van der Waals surface area contributed by atoms with Gasteiger partial charge in [0.1, 0.15) is 5.75 Å². The summed E-state index contributed by atoms with van der Waals surface area (Å²) < 4.78 is 10.6. The van der Waals surface area contributed by atoms with Gasteiger partial charge in [-0.1, -0.05) is 17.3 Å². The quantitative estimate of drug-likeness (QED) is 0.894. The van der Waals surface area contributed by atoms with E-state index in [1.165, 1.54) is 0 Å². The molecule has 1 aromatic heterocycles. The molecule has 96 valence electrons. The second-order valence-corrected chi connectivity index (χ2v) is 4.71. The third-order valence-corrected chi connectivity index (χ3v) is 2.86. The summed E-state index contributed by atoms with van der Waals surface area (Å²) in [7, 11) is 1.61. The minimum atomic E-state index is -0.326. The Bertz CT molecular complexity index is 535. The second kappa shape index (κ2) is 4.78. The first-order valence-corrected chi connectivity index (χ1v) is 5.76. The molecule has 0 bridgehead atoms. The maximum atomic E-state index is 5.69. The number of benzene rings is 1. The fraction of sp³-hybridized carbons (Fsp3) is 0.385. The van der Waals surface area contributed by atoms with E-state index in [0.717, 1.165) is 11.3 Å². The first kappa shape index (κ1) is 12.6. The van der Waals surface area contributed by atoms with Crippen molar-refractivity contribution in [1.82, 2.24) is 10.1 Å². The second-order valence-electron chi connectivity index (χ2n) is 4.71. The van der Waals surface area contributed by atoms with Crippen LogP contribution in [0.25, 0.3) is 11.4 Å². The Morgan fingerprint density at radius 1 is 1.33 bits per heavy atom. The molecule has 5 nitrogen and oxygen atoms in total. The summed E-state index contributed by atoms with van der Waals surface area (Å²) in [4.78, 5) is 4.39. The summed E-state index contributed by atoms with van der Waals surface area (Å²) in [6.07, 6.45) is 0. The maximum absolute atomic E-state index is 5.69. The average molecular weight is 247 g/mol. The van der Waals surface area contributed by atoms with Crippen LogP contribution in [0, 0.1) is 0 Å². The summed E-state index contributed by atoms with van der Waals surface area (Å²) in [5.74, 6) is 1.77. The number of ether oxygens (including phenoxy) is 1. The van der Waals surface area contributed by atoms with Crippen molar-refractivity contribution in [2.24, 2.45) is 5.73 Å². The molecule has 1 heterocycles. The largest absolute Gasteiger partial charge is 0.496 e. The summed E-state index contributed by atoms with van der Waals surface area (Å²) in [6, 6.07) is 7.55. The van der Waals surface area contributed by atoms with Crippen molar-refractivity contribution < 1.29 is 9.26 Å². The zero-order chi connectivity index (χ0) is 13.2. The zero-order valence-electron chi connectivity index (χ0n) is 10.8. The highest BCUT2D eigenvalue weighted by Crippen LogP contribution is 2.29. The lowest BCUT2D eigenvalue weighted by Gasteiger charge is -2.15. The highest BCUT2D eigenvalue weighted by molar-refractivity contribution is 5.63. The molecule has 0 fully saturated rings. The average Bonchev–Trinajstić information content (AvgIpc) is 2.89. The van der Waals surface area contributed by atoms with Crippen molar-refractivity contribution in [3.8, 4) is 17.1 Å². The molecule has 0 aliphatic heterocycles. The van der Waals surface area contributed by atoms with E-state index >= 15 is 0 Å². The van der Waals surface area contributed by atoms with E-state index < -0.39 is 0 Å². The minimum absolute atomic E-state index is 0.326. The van der Waals surface area contributed by atoms with Gasteiger partial charge in [0.05, 0.1) is 18.1 Å². The molecule has 0 unspecified atom stereocenters. The minimum Gasteiger partial charge on any atom is -0.496 e. The molecular weight excluding hydrogens is 230 g/mol. The van der Waals surface area contributed by atoms with Gasteiger partial charge in [-0.15, -0.1) is 0 Å². The normalized spacial score (nSPS) is 11.6. The number of nitrogens with zero attached hydrogens (tertiary/aromatic N) is 2. The lowest BCUT2D eigenvalue weighted by atomic mass is 9.94. The molecule has 2 N–H and O–H groups in total. The van der Waals surface area contributed by atoms with E-state index in [0.29, 0.717) is 18.3 Å². The monoisotopic (exact) mass is 247 g/mol. The van der Waals surface area contributed by atoms with Crippen molar-refractivity contribution in [1.29, 1.82) is 0 Å². The Kier molecular flexibility index (Phi) is 3.34. The Labute approximate surface area is 106 Å². The van der Waals surface area contributed by atoms with Gasteiger partial charge in [-0.3, -0.25) is 0 Å². The highest BCUT2D eigenvalue weighted by atomic mass is 16.5. The molecule has 0 aliphatic carbocycles. The number of nitrogens with two attached hydrogens (primary N) is 1. The van der Waals surface area contributed by atoms with Crippen LogP contribution in [0.1, 0.15) is 19.7 Å². The number of para-hydroxylation sites is 1. The van der Waals surface area contributed by atoms with Gasteiger partial charge in [-0.2, -0.15) is 4.98 Å². The standard InChI is InChI=1S/C13H17N3O2/c1-13(2,8-14)12-15-11(16-18-12)9-6-4-5-7-10(9)17-3/h4-7H,8,14H2,1-3H3. The SMILES string of the molecule is COc1ccccc1-c1noc(C(C)(C)CN)n1. The lowest BCUT2D eigenvalue weighted by molar-refractivity contribution is 0.311. The van der Waals surface area contributed by atoms with Gasteiger partial charge in [-0.25, -0.2) is 0 Å². The summed E-state index contributed by atoms with van der Waals surface area (Å²) in [6.45, 7) is 4.37. The van der Waals surface area contributed by atoms with Crippen molar-refractivity contribution in [2.45, 2.75) is 19.3 Å². The van der Waals surface area contributed by atoms with E-state index in [2.05, 4.69) is 10.1 Å². The van der Waals surface area contributed by atoms with Crippen LogP contribution in [-0.2, 0) is 5.41 Å². The van der Waals surface area contributed by atoms with Gasteiger partial charge in [0.15, 0.2) is 0 Å². The number of hydrogen-bond acceptors (Lipinski definition) is 5. The number of rotatable bonds is 4. The molecule has 0 aliphatic rings. The van der Waals surface area contributed by atoms with E-state index in [-0.39, 0.29) is 5.41 Å². The van der Waals surface area contributed by atoms with Crippen LogP contribution >= 0.6 is 0 Å². The molecule has 0 spiro atoms. The van der Waals surface area contributed by atoms with Crippen LogP contribution < -0.4 is 10.5 Å². The van der Waals surface area contributed by atoms with E-state index in [1.807, 2.05) is 38.1 Å². The third-order valence-electron chi connectivity index (χ3n) is 2.86. The molecule has 0 radical (unpaired) electrons. The molecular formula is C13H17N3O2. The van der Waals surface area contributed by atoms with Crippen molar-refractivity contribution in [2.75, 3.05) is 13.7 Å². The predicted molar refractivity (Wildman–Crippen MR) is 68.4 cm³/mol. The number of aromatic nitrogens is 2. The summed E-state index contributed by atoms with van der Waals surface area (Å²) >= 11 is 0. The van der Waals surface area contributed by atoms with E-state index in [9.17, 15) is 0 Å². The topological polar surface area (TPSA) is 74.2 Å². The van der Waals surface area contributed by atoms with Gasteiger partial charge in [0.2, 0.25) is 11.7 Å². The molecule has 0 atom stereocenters. The van der Waals surface area contributed by atoms with Gasteiger partial charge in [0, 0.05) is 6.54 Å². The van der Waals surface area contributed by atoms with Crippen LogP contribution in [0.3, 0.4) is 0 Å². The van der Waals surface area contributed by atoms with Crippen LogP contribution in [-0.4, -0.2) is 23.8 Å². The van der Waals surface area contributed by atoms with Crippen molar-refractivity contribution in [3.63, 3.8) is 0 Å². The summed E-state index contributed by atoms with van der Waals surface area (Å²) in [5.41, 5.74) is 6.17. The molecule has 0 saturated heterocycles. The molecule has 0 amide bonds. The van der Waals surface area contributed by atoms with Crippen LogP contribution in [0.4, 0.5) is 0 Å². The molecule has 2 rings (SSSR count). The summed E-state index contributed by atoms with van der Waals surface area (Å²) in [5, 5.41) is 3.99. The Hall–Kier alpha value is -1.88. The molecule has 0 saturated carbocycles. The molecule has 1 aromatic carbocycles. The predicted octanol–water partition coefficient (Wildman–Crippen LogP) is 1.98. The Morgan fingerprint density at radius 2 is 2.06 bits per heavy atom. The number of hydrogen-bond donors (Lipinski definition) is 1. The highest BCUT2D eigenvalue weighted by Gasteiger charge is 2.26. The van der Waals surface area contributed by atoms with E-state index in [1.54, 1.807) is 7.11 Å². The smallest absolute Gasteiger partial charge is 0.233 e. The van der Waals surface area contributed by atoms with Gasteiger partial charge < -0.3 is 15.0 Å².